The maximum absolute atomic E-state index is 13.0. The number of hydrogen-bond acceptors (Lipinski definition) is 4. The molecule has 3 aromatic rings. The lowest BCUT2D eigenvalue weighted by Crippen LogP contribution is -2.42. The first-order chi connectivity index (χ1) is 14.5. The molecule has 0 aliphatic carbocycles. The predicted molar refractivity (Wildman–Crippen MR) is 113 cm³/mol. The first kappa shape index (κ1) is 19.8. The Morgan fingerprint density at radius 1 is 1.00 bits per heavy atom. The van der Waals surface area contributed by atoms with Gasteiger partial charge in [-0.2, -0.15) is 5.10 Å². The second-order valence-electron chi connectivity index (χ2n) is 7.62. The Balaban J connectivity index is 1.45. The van der Waals surface area contributed by atoms with Crippen LogP contribution in [-0.2, 0) is 0 Å². The van der Waals surface area contributed by atoms with E-state index in [1.165, 1.54) is 13.0 Å². The summed E-state index contributed by atoms with van der Waals surface area (Å²) in [6, 6.07) is 19.1. The molecule has 1 saturated heterocycles. The van der Waals surface area contributed by atoms with Crippen LogP contribution in [0.4, 0.5) is 0 Å². The summed E-state index contributed by atoms with van der Waals surface area (Å²) in [5.74, 6) is -0.607. The summed E-state index contributed by atoms with van der Waals surface area (Å²) in [4.78, 5) is 38.9. The fourth-order valence-electron chi connectivity index (χ4n) is 3.85. The van der Waals surface area contributed by atoms with E-state index in [0.29, 0.717) is 18.7 Å². The molecule has 0 saturated carbocycles. The number of piperidine rings is 1. The van der Waals surface area contributed by atoms with Gasteiger partial charge < -0.3 is 4.90 Å². The van der Waals surface area contributed by atoms with Crippen molar-refractivity contribution in [2.45, 2.75) is 19.8 Å². The molecule has 1 N–H and O–H groups in total. The van der Waals surface area contributed by atoms with E-state index in [-0.39, 0.29) is 34.8 Å². The molecule has 0 spiro atoms. The van der Waals surface area contributed by atoms with E-state index in [2.05, 4.69) is 10.2 Å². The van der Waals surface area contributed by atoms with E-state index < -0.39 is 0 Å². The number of amides is 1. The Bertz CT molecular complexity index is 1070. The second kappa shape index (κ2) is 8.45. The van der Waals surface area contributed by atoms with E-state index in [9.17, 15) is 14.4 Å². The van der Waals surface area contributed by atoms with Crippen LogP contribution in [0.15, 0.2) is 60.7 Å². The molecule has 6 heteroatoms. The molecule has 1 aliphatic heterocycles. The van der Waals surface area contributed by atoms with E-state index in [1.54, 1.807) is 4.90 Å². The minimum absolute atomic E-state index is 0.0566. The Morgan fingerprint density at radius 3 is 2.37 bits per heavy atom. The number of aromatic nitrogens is 2. The average molecular weight is 401 g/mol. The van der Waals surface area contributed by atoms with Gasteiger partial charge in [0.1, 0.15) is 11.4 Å². The molecular formula is C24H23N3O3. The fraction of sp³-hybridized carbons (Fsp3) is 0.250. The van der Waals surface area contributed by atoms with Gasteiger partial charge in [-0.15, -0.1) is 0 Å². The highest BCUT2D eigenvalue weighted by Crippen LogP contribution is 2.24. The number of aromatic amines is 1. The number of H-pyrrole nitrogens is 1. The van der Waals surface area contributed by atoms with Crippen LogP contribution in [0.1, 0.15) is 51.1 Å². The van der Waals surface area contributed by atoms with Crippen molar-refractivity contribution >= 4 is 17.5 Å². The van der Waals surface area contributed by atoms with E-state index >= 15 is 0 Å². The normalized spacial score (nSPS) is 16.3. The lowest BCUT2D eigenvalue weighted by atomic mass is 9.89. The Hall–Kier alpha value is -3.54. The van der Waals surface area contributed by atoms with Crippen LogP contribution in [0.25, 0.3) is 11.1 Å². The van der Waals surface area contributed by atoms with Crippen LogP contribution in [0.3, 0.4) is 0 Å². The number of carbonyl (C=O) groups excluding carboxylic acids is 3. The molecular weight excluding hydrogens is 378 g/mol. The molecule has 1 aromatic heterocycles. The van der Waals surface area contributed by atoms with Gasteiger partial charge >= 0.3 is 0 Å². The molecule has 0 bridgehead atoms. The number of hydrogen-bond donors (Lipinski definition) is 1. The molecule has 1 aliphatic rings. The summed E-state index contributed by atoms with van der Waals surface area (Å²) in [7, 11) is 0. The molecule has 2 aromatic carbocycles. The van der Waals surface area contributed by atoms with Gasteiger partial charge in [0, 0.05) is 31.5 Å². The van der Waals surface area contributed by atoms with E-state index in [1.807, 2.05) is 54.6 Å². The highest BCUT2D eigenvalue weighted by atomic mass is 16.2. The summed E-state index contributed by atoms with van der Waals surface area (Å²) in [6.07, 6.45) is 1.52. The summed E-state index contributed by atoms with van der Waals surface area (Å²) in [5.41, 5.74) is 3.35. The molecule has 1 atom stereocenters. The SMILES string of the molecule is CC(=O)c1cc(C(=O)N2CCCC(C(=O)c3ccc(-c4ccccc4)cc3)C2)[nH]n1. The molecule has 1 unspecified atom stereocenters. The quantitative estimate of drug-likeness (QED) is 0.655. The second-order valence-corrected chi connectivity index (χ2v) is 7.62. The minimum Gasteiger partial charge on any atom is -0.337 e. The maximum atomic E-state index is 13.0. The molecule has 6 nitrogen and oxygen atoms in total. The summed E-state index contributed by atoms with van der Waals surface area (Å²) < 4.78 is 0. The van der Waals surface area contributed by atoms with Crippen molar-refractivity contribution in [3.63, 3.8) is 0 Å². The Labute approximate surface area is 174 Å². The number of likely N-dealkylation sites (tertiary alicyclic amines) is 1. The zero-order valence-corrected chi connectivity index (χ0v) is 16.8. The minimum atomic E-state index is -0.236. The van der Waals surface area contributed by atoms with Crippen molar-refractivity contribution in [2.24, 2.45) is 5.92 Å². The third kappa shape index (κ3) is 4.08. The summed E-state index contributed by atoms with van der Waals surface area (Å²) in [6.45, 7) is 2.36. The molecule has 1 fully saturated rings. The smallest absolute Gasteiger partial charge is 0.271 e. The highest BCUT2D eigenvalue weighted by Gasteiger charge is 2.30. The van der Waals surface area contributed by atoms with Gasteiger partial charge in [0.05, 0.1) is 0 Å². The summed E-state index contributed by atoms with van der Waals surface area (Å²) >= 11 is 0. The summed E-state index contributed by atoms with van der Waals surface area (Å²) in [5, 5.41) is 6.51. The predicted octanol–water partition coefficient (Wildman–Crippen LogP) is 4.01. The van der Waals surface area contributed by atoms with Crippen LogP contribution in [-0.4, -0.2) is 45.7 Å². The topological polar surface area (TPSA) is 83.1 Å². The van der Waals surface area contributed by atoms with Gasteiger partial charge in [0.15, 0.2) is 11.6 Å². The average Bonchev–Trinajstić information content (AvgIpc) is 3.30. The van der Waals surface area contributed by atoms with Gasteiger partial charge in [-0.1, -0.05) is 54.6 Å². The van der Waals surface area contributed by atoms with Crippen molar-refractivity contribution in [2.75, 3.05) is 13.1 Å². The Morgan fingerprint density at radius 2 is 1.70 bits per heavy atom. The van der Waals surface area contributed by atoms with Crippen LogP contribution in [0, 0.1) is 5.92 Å². The van der Waals surface area contributed by atoms with Gasteiger partial charge in [0.25, 0.3) is 5.91 Å². The zero-order chi connectivity index (χ0) is 21.1. The van der Waals surface area contributed by atoms with Crippen molar-refractivity contribution in [3.05, 3.63) is 77.6 Å². The van der Waals surface area contributed by atoms with Crippen LogP contribution >= 0.6 is 0 Å². The standard InChI is InChI=1S/C24H23N3O3/c1-16(28)21-14-22(26-25-21)24(30)27-13-5-8-20(15-27)23(29)19-11-9-18(10-12-19)17-6-3-2-4-7-17/h2-4,6-7,9-12,14,20H,5,8,13,15H2,1H3,(H,25,26). The number of Topliss-reactive ketones (excluding diaryl/α,β-unsaturated/α-hetero) is 2. The highest BCUT2D eigenvalue weighted by molar-refractivity contribution is 6.00. The monoisotopic (exact) mass is 401 g/mol. The van der Waals surface area contributed by atoms with Gasteiger partial charge in [-0.05, 0) is 30.0 Å². The van der Waals surface area contributed by atoms with Crippen LogP contribution in [0.2, 0.25) is 0 Å². The molecule has 152 valence electrons. The van der Waals surface area contributed by atoms with Crippen LogP contribution in [0.5, 0.6) is 0 Å². The van der Waals surface area contributed by atoms with Crippen molar-refractivity contribution in [1.82, 2.24) is 15.1 Å². The van der Waals surface area contributed by atoms with E-state index in [4.69, 9.17) is 0 Å². The van der Waals surface area contributed by atoms with Crippen molar-refractivity contribution in [3.8, 4) is 11.1 Å². The number of benzene rings is 2. The number of nitrogens with zero attached hydrogens (tertiary/aromatic N) is 2. The van der Waals surface area contributed by atoms with Crippen LogP contribution < -0.4 is 0 Å². The number of carbonyl (C=O) groups is 3. The molecule has 2 heterocycles. The van der Waals surface area contributed by atoms with E-state index in [0.717, 1.165) is 24.0 Å². The third-order valence-electron chi connectivity index (χ3n) is 5.52. The largest absolute Gasteiger partial charge is 0.337 e. The maximum Gasteiger partial charge on any atom is 0.271 e. The lowest BCUT2D eigenvalue weighted by Gasteiger charge is -2.31. The molecule has 30 heavy (non-hydrogen) atoms. The Kier molecular flexibility index (Phi) is 5.57. The van der Waals surface area contributed by atoms with Gasteiger partial charge in [-0.25, -0.2) is 0 Å². The first-order valence-electron chi connectivity index (χ1n) is 10.1. The lowest BCUT2D eigenvalue weighted by molar-refractivity contribution is 0.0632. The van der Waals surface area contributed by atoms with Gasteiger partial charge in [0.2, 0.25) is 0 Å². The fourth-order valence-corrected chi connectivity index (χ4v) is 3.85. The third-order valence-corrected chi connectivity index (χ3v) is 5.52. The zero-order valence-electron chi connectivity index (χ0n) is 16.8. The van der Waals surface area contributed by atoms with Crippen molar-refractivity contribution < 1.29 is 14.4 Å². The molecule has 0 radical (unpaired) electrons. The first-order valence-corrected chi connectivity index (χ1v) is 10.1. The number of ketones is 2. The number of rotatable bonds is 5. The van der Waals surface area contributed by atoms with Gasteiger partial charge in [-0.3, -0.25) is 19.5 Å². The van der Waals surface area contributed by atoms with Crippen molar-refractivity contribution in [1.29, 1.82) is 0 Å². The molecule has 1 amide bonds. The molecule has 4 rings (SSSR count). The number of nitrogens with one attached hydrogen (secondary N) is 1.